The summed E-state index contributed by atoms with van der Waals surface area (Å²) in [6, 6.07) is -0.800. The Morgan fingerprint density at radius 2 is 1.47 bits per heavy atom. The Labute approximate surface area is 179 Å². The van der Waals surface area contributed by atoms with E-state index in [1.807, 2.05) is 13.8 Å². The van der Waals surface area contributed by atoms with Crippen molar-refractivity contribution >= 4 is 29.4 Å². The van der Waals surface area contributed by atoms with Crippen LogP contribution in [-0.2, 0) is 24.0 Å². The van der Waals surface area contributed by atoms with Gasteiger partial charge in [0.2, 0.25) is 11.8 Å². The van der Waals surface area contributed by atoms with Crippen LogP contribution in [0, 0.1) is 11.3 Å². The van der Waals surface area contributed by atoms with Gasteiger partial charge in [-0.25, -0.2) is 0 Å². The van der Waals surface area contributed by atoms with Gasteiger partial charge in [-0.15, -0.1) is 0 Å². The Morgan fingerprint density at radius 1 is 1.00 bits per heavy atom. The Hall–Kier alpha value is -2.51. The van der Waals surface area contributed by atoms with Crippen molar-refractivity contribution in [1.29, 1.82) is 0 Å². The summed E-state index contributed by atoms with van der Waals surface area (Å²) in [5.74, 6) is -1.99. The highest BCUT2D eigenvalue weighted by Gasteiger charge is 2.44. The summed E-state index contributed by atoms with van der Waals surface area (Å²) in [5.41, 5.74) is -1.84. The Bertz CT molecular complexity index is 690. The normalized spacial score (nSPS) is 14.9. The predicted molar refractivity (Wildman–Crippen MR) is 115 cm³/mol. The van der Waals surface area contributed by atoms with Gasteiger partial charge in [-0.05, 0) is 33.1 Å². The van der Waals surface area contributed by atoms with Crippen molar-refractivity contribution in [2.75, 3.05) is 6.54 Å². The summed E-state index contributed by atoms with van der Waals surface area (Å²) < 4.78 is 0. The Balaban J connectivity index is 0.00000407. The highest BCUT2D eigenvalue weighted by atomic mass is 16.2. The standard InChI is InChI=1S/C20H31N3O5.C2H6/c1-12(2)16(17(27)21-10-13(3)24)22-18(28)19(4,5)11-20(6,7)23-14(25)8-9-15(23)26;1-2/h8-9,12,16H,10-11H2,1-7H3,(H,21,27)(H,22,28);1-2H3. The highest BCUT2D eigenvalue weighted by molar-refractivity contribution is 6.13. The fourth-order valence-corrected chi connectivity index (χ4v) is 3.43. The van der Waals surface area contributed by atoms with E-state index in [4.69, 9.17) is 0 Å². The topological polar surface area (TPSA) is 113 Å². The second kappa shape index (κ2) is 11.0. The summed E-state index contributed by atoms with van der Waals surface area (Å²) >= 11 is 0. The lowest BCUT2D eigenvalue weighted by Crippen LogP contribution is -2.56. The molecule has 1 atom stereocenters. The minimum absolute atomic E-state index is 0.0967. The summed E-state index contributed by atoms with van der Waals surface area (Å²) in [5, 5.41) is 5.27. The van der Waals surface area contributed by atoms with Gasteiger partial charge in [0.15, 0.2) is 0 Å². The molecule has 0 aromatic rings. The van der Waals surface area contributed by atoms with Gasteiger partial charge in [-0.2, -0.15) is 0 Å². The van der Waals surface area contributed by atoms with E-state index in [0.29, 0.717) is 0 Å². The van der Waals surface area contributed by atoms with Gasteiger partial charge >= 0.3 is 0 Å². The largest absolute Gasteiger partial charge is 0.347 e. The fraction of sp³-hybridized carbons (Fsp3) is 0.682. The molecule has 2 N–H and O–H groups in total. The third kappa shape index (κ3) is 7.39. The van der Waals surface area contributed by atoms with Crippen LogP contribution in [0.15, 0.2) is 12.2 Å². The number of amides is 4. The maximum atomic E-state index is 12.9. The second-order valence-corrected chi connectivity index (χ2v) is 8.83. The zero-order valence-electron chi connectivity index (χ0n) is 19.7. The van der Waals surface area contributed by atoms with E-state index in [9.17, 15) is 24.0 Å². The van der Waals surface area contributed by atoms with Crippen molar-refractivity contribution in [3.8, 4) is 0 Å². The molecule has 0 aliphatic carbocycles. The van der Waals surface area contributed by atoms with Crippen LogP contribution in [0.2, 0.25) is 0 Å². The van der Waals surface area contributed by atoms with E-state index >= 15 is 0 Å². The van der Waals surface area contributed by atoms with Crippen LogP contribution < -0.4 is 10.6 Å². The molecule has 1 heterocycles. The number of imide groups is 1. The number of Topliss-reactive ketones (excluding diaryl/α,β-unsaturated/α-hetero) is 1. The Kier molecular flexibility index (Phi) is 10.1. The molecule has 30 heavy (non-hydrogen) atoms. The Morgan fingerprint density at radius 3 is 1.87 bits per heavy atom. The quantitative estimate of drug-likeness (QED) is 0.551. The molecular formula is C22H37N3O5. The number of rotatable bonds is 9. The first kappa shape index (κ1) is 27.5. The zero-order valence-corrected chi connectivity index (χ0v) is 19.7. The van der Waals surface area contributed by atoms with Gasteiger partial charge in [0.05, 0.1) is 6.54 Å². The van der Waals surface area contributed by atoms with E-state index in [2.05, 4.69) is 10.6 Å². The van der Waals surface area contributed by atoms with Crippen LogP contribution in [-0.4, -0.2) is 52.4 Å². The van der Waals surface area contributed by atoms with Gasteiger partial charge in [-0.3, -0.25) is 28.9 Å². The smallest absolute Gasteiger partial charge is 0.254 e. The SMILES string of the molecule is CC.CC(=O)CNC(=O)C(NC(=O)C(C)(C)CC(C)(C)N1C(=O)C=CC1=O)C(C)C. The lowest BCUT2D eigenvalue weighted by atomic mass is 9.78. The van der Waals surface area contributed by atoms with Gasteiger partial charge in [0.25, 0.3) is 11.8 Å². The molecule has 170 valence electrons. The average molecular weight is 424 g/mol. The highest BCUT2D eigenvalue weighted by Crippen LogP contribution is 2.34. The molecule has 0 saturated heterocycles. The number of carbonyl (C=O) groups is 5. The number of hydrogen-bond acceptors (Lipinski definition) is 5. The van der Waals surface area contributed by atoms with E-state index in [-0.39, 0.29) is 30.6 Å². The van der Waals surface area contributed by atoms with Crippen molar-refractivity contribution in [3.63, 3.8) is 0 Å². The molecule has 0 radical (unpaired) electrons. The molecule has 1 aliphatic heterocycles. The number of hydrogen-bond donors (Lipinski definition) is 2. The van der Waals surface area contributed by atoms with Gasteiger partial charge in [-0.1, -0.05) is 41.5 Å². The molecule has 4 amide bonds. The molecule has 1 rings (SSSR count). The molecule has 0 aromatic carbocycles. The molecule has 0 saturated carbocycles. The number of nitrogens with one attached hydrogen (secondary N) is 2. The van der Waals surface area contributed by atoms with Crippen molar-refractivity contribution in [2.45, 2.75) is 80.3 Å². The molecule has 8 heteroatoms. The zero-order chi connectivity index (χ0) is 23.9. The van der Waals surface area contributed by atoms with Crippen LogP contribution in [0.25, 0.3) is 0 Å². The van der Waals surface area contributed by atoms with E-state index < -0.39 is 34.7 Å². The van der Waals surface area contributed by atoms with E-state index in [1.54, 1.807) is 41.5 Å². The monoisotopic (exact) mass is 423 g/mol. The van der Waals surface area contributed by atoms with Gasteiger partial charge in [0.1, 0.15) is 11.8 Å². The van der Waals surface area contributed by atoms with Crippen LogP contribution in [0.4, 0.5) is 0 Å². The predicted octanol–water partition coefficient (Wildman–Crippen LogP) is 1.98. The summed E-state index contributed by atoms with van der Waals surface area (Å²) in [7, 11) is 0. The maximum absolute atomic E-state index is 12.9. The van der Waals surface area contributed by atoms with Crippen molar-refractivity contribution in [2.24, 2.45) is 11.3 Å². The second-order valence-electron chi connectivity index (χ2n) is 8.83. The van der Waals surface area contributed by atoms with Gasteiger partial charge in [0, 0.05) is 23.1 Å². The maximum Gasteiger partial charge on any atom is 0.254 e. The first-order valence-corrected chi connectivity index (χ1v) is 10.3. The summed E-state index contributed by atoms with van der Waals surface area (Å²) in [6.45, 7) is 15.7. The third-order valence-corrected chi connectivity index (χ3v) is 4.65. The lowest BCUT2D eigenvalue weighted by molar-refractivity contribution is -0.146. The molecular weight excluding hydrogens is 386 g/mol. The van der Waals surface area contributed by atoms with E-state index in [0.717, 1.165) is 4.90 Å². The number of carbonyl (C=O) groups excluding carboxylic acids is 5. The first-order chi connectivity index (χ1) is 13.7. The molecule has 0 bridgehead atoms. The average Bonchev–Trinajstić information content (AvgIpc) is 2.97. The van der Waals surface area contributed by atoms with E-state index in [1.165, 1.54) is 19.1 Å². The first-order valence-electron chi connectivity index (χ1n) is 10.3. The number of nitrogens with zero attached hydrogens (tertiary/aromatic N) is 1. The molecule has 0 aromatic heterocycles. The van der Waals surface area contributed by atoms with Crippen molar-refractivity contribution < 1.29 is 24.0 Å². The van der Waals surface area contributed by atoms with Crippen LogP contribution >= 0.6 is 0 Å². The van der Waals surface area contributed by atoms with Crippen LogP contribution in [0.5, 0.6) is 0 Å². The molecule has 0 spiro atoms. The third-order valence-electron chi connectivity index (χ3n) is 4.65. The van der Waals surface area contributed by atoms with Crippen molar-refractivity contribution in [1.82, 2.24) is 15.5 Å². The lowest BCUT2D eigenvalue weighted by Gasteiger charge is -2.40. The van der Waals surface area contributed by atoms with Crippen LogP contribution in [0.1, 0.15) is 68.7 Å². The summed E-state index contributed by atoms with van der Waals surface area (Å²) in [6.07, 6.45) is 2.64. The van der Waals surface area contributed by atoms with Gasteiger partial charge < -0.3 is 10.6 Å². The number of ketones is 1. The van der Waals surface area contributed by atoms with Crippen molar-refractivity contribution in [3.05, 3.63) is 12.2 Å². The minimum atomic E-state index is -0.958. The molecule has 1 aliphatic rings. The minimum Gasteiger partial charge on any atom is -0.347 e. The molecule has 1 unspecified atom stereocenters. The fourth-order valence-electron chi connectivity index (χ4n) is 3.43. The van der Waals surface area contributed by atoms with Crippen LogP contribution in [0.3, 0.4) is 0 Å². The molecule has 0 fully saturated rings. The molecule has 8 nitrogen and oxygen atoms in total. The summed E-state index contributed by atoms with van der Waals surface area (Å²) in [4.78, 5) is 61.5.